The van der Waals surface area contributed by atoms with Crippen LogP contribution < -0.4 is 25.4 Å². The van der Waals surface area contributed by atoms with E-state index in [0.29, 0.717) is 42.4 Å². The van der Waals surface area contributed by atoms with Gasteiger partial charge in [0.15, 0.2) is 0 Å². The number of carbonyl (C=O) groups is 4. The number of rotatable bonds is 19. The molecule has 2 saturated heterocycles. The topological polar surface area (TPSA) is 163 Å². The molecular weight excluding hydrogens is 598 g/mol. The molecular formula is C33H41N3O8S. The zero-order valence-electron chi connectivity index (χ0n) is 25.2. The maximum atomic E-state index is 12.2. The Labute approximate surface area is 267 Å². The summed E-state index contributed by atoms with van der Waals surface area (Å²) in [6.45, 7) is 1.32. The number of ketones is 1. The van der Waals surface area contributed by atoms with Crippen molar-refractivity contribution in [3.05, 3.63) is 65.7 Å². The van der Waals surface area contributed by atoms with Gasteiger partial charge in [0.2, 0.25) is 5.91 Å². The second kappa shape index (κ2) is 17.3. The minimum atomic E-state index is -1.67. The van der Waals surface area contributed by atoms with E-state index in [9.17, 15) is 24.3 Å². The van der Waals surface area contributed by atoms with Crippen LogP contribution in [0.4, 0.5) is 4.79 Å². The molecule has 0 aliphatic carbocycles. The number of benzene rings is 2. The standard InChI is InChI=1S/C33H41N3O8S/c37-27(19-28(38)32(40)41)23-16-24(18-25(17-23)44-20-22-10-4-3-5-11-22)43-15-9-2-1-8-14-34-30(39)13-7-6-12-29-31-26(21-45-29)35-33(42)36-31/h3-5,10-11,16-19,26,29,31,37H,1-2,6-9,12-15,20-21H2,(H,34,39)(H,40,41)(H2,35,36,42). The number of aliphatic carboxylic acids is 1. The van der Waals surface area contributed by atoms with Gasteiger partial charge in [-0.1, -0.05) is 49.6 Å². The van der Waals surface area contributed by atoms with Crippen LogP contribution in [0.3, 0.4) is 0 Å². The Morgan fingerprint density at radius 1 is 0.933 bits per heavy atom. The van der Waals surface area contributed by atoms with Gasteiger partial charge >= 0.3 is 12.0 Å². The third kappa shape index (κ3) is 11.0. The molecule has 0 radical (unpaired) electrons. The van der Waals surface area contributed by atoms with E-state index in [-0.39, 0.29) is 36.2 Å². The van der Waals surface area contributed by atoms with E-state index in [2.05, 4.69) is 16.0 Å². The van der Waals surface area contributed by atoms with Crippen molar-refractivity contribution in [2.75, 3.05) is 18.9 Å². The summed E-state index contributed by atoms with van der Waals surface area (Å²) in [7, 11) is 0. The van der Waals surface area contributed by atoms with Gasteiger partial charge in [-0.3, -0.25) is 9.59 Å². The number of carbonyl (C=O) groups excluding carboxylic acids is 3. The number of urea groups is 1. The molecule has 3 unspecified atom stereocenters. The lowest BCUT2D eigenvalue weighted by Gasteiger charge is -2.16. The lowest BCUT2D eigenvalue weighted by atomic mass is 10.0. The molecule has 242 valence electrons. The Morgan fingerprint density at radius 3 is 2.47 bits per heavy atom. The number of nitrogens with one attached hydrogen (secondary N) is 3. The van der Waals surface area contributed by atoms with Gasteiger partial charge in [-0.05, 0) is 43.4 Å². The van der Waals surface area contributed by atoms with E-state index < -0.39 is 17.5 Å². The number of unbranched alkanes of at least 4 members (excludes halogenated alkanes) is 4. The van der Waals surface area contributed by atoms with Crippen LogP contribution in [-0.4, -0.2) is 70.1 Å². The summed E-state index contributed by atoms with van der Waals surface area (Å²) in [5.41, 5.74) is 1.14. The molecule has 3 amide bonds. The molecule has 2 aliphatic rings. The van der Waals surface area contributed by atoms with Crippen LogP contribution in [-0.2, 0) is 21.0 Å². The van der Waals surface area contributed by atoms with E-state index in [1.165, 1.54) is 12.1 Å². The zero-order chi connectivity index (χ0) is 32.0. The smallest absolute Gasteiger partial charge is 0.376 e. The van der Waals surface area contributed by atoms with Crippen LogP contribution in [0.15, 0.2) is 54.6 Å². The van der Waals surface area contributed by atoms with Crippen molar-refractivity contribution >= 4 is 41.2 Å². The van der Waals surface area contributed by atoms with Crippen LogP contribution in [0.1, 0.15) is 62.5 Å². The number of carboxylic acids is 1. The monoisotopic (exact) mass is 639 g/mol. The first kappa shape index (κ1) is 33.7. The summed E-state index contributed by atoms with van der Waals surface area (Å²) in [4.78, 5) is 46.2. The fourth-order valence-corrected chi connectivity index (χ4v) is 6.80. The highest BCUT2D eigenvalue weighted by molar-refractivity contribution is 8.00. The predicted octanol–water partition coefficient (Wildman–Crippen LogP) is 4.60. The second-order valence-corrected chi connectivity index (χ2v) is 12.4. The molecule has 11 nitrogen and oxygen atoms in total. The lowest BCUT2D eigenvalue weighted by Crippen LogP contribution is -2.36. The van der Waals surface area contributed by atoms with Gasteiger partial charge in [0.1, 0.15) is 23.9 Å². The molecule has 4 rings (SSSR count). The van der Waals surface area contributed by atoms with Crippen LogP contribution in [0.2, 0.25) is 0 Å². The summed E-state index contributed by atoms with van der Waals surface area (Å²) in [6, 6.07) is 14.6. The molecule has 0 bridgehead atoms. The maximum absolute atomic E-state index is 12.2. The molecule has 0 aromatic heterocycles. The van der Waals surface area contributed by atoms with E-state index in [1.54, 1.807) is 6.07 Å². The van der Waals surface area contributed by atoms with Crippen LogP contribution in [0, 0.1) is 0 Å². The number of aliphatic hydroxyl groups is 1. The summed E-state index contributed by atoms with van der Waals surface area (Å²) in [5, 5.41) is 28.6. The molecule has 2 heterocycles. The number of aliphatic hydroxyl groups excluding tert-OH is 1. The molecule has 2 aromatic rings. The van der Waals surface area contributed by atoms with E-state index in [0.717, 1.165) is 56.3 Å². The lowest BCUT2D eigenvalue weighted by molar-refractivity contribution is -0.146. The van der Waals surface area contributed by atoms with Gasteiger partial charge in [0.25, 0.3) is 5.78 Å². The number of amides is 3. The van der Waals surface area contributed by atoms with Crippen molar-refractivity contribution in [2.45, 2.75) is 75.3 Å². The van der Waals surface area contributed by atoms with E-state index >= 15 is 0 Å². The molecule has 2 fully saturated rings. The molecule has 2 aromatic carbocycles. The Balaban J connectivity index is 1.11. The first-order chi connectivity index (χ1) is 21.8. The summed E-state index contributed by atoms with van der Waals surface area (Å²) < 4.78 is 11.8. The van der Waals surface area contributed by atoms with E-state index in [1.807, 2.05) is 42.1 Å². The Kier molecular flexibility index (Phi) is 13.0. The van der Waals surface area contributed by atoms with Gasteiger partial charge < -0.3 is 35.6 Å². The van der Waals surface area contributed by atoms with Gasteiger partial charge in [-0.25, -0.2) is 9.59 Å². The third-order valence-electron chi connectivity index (χ3n) is 7.65. The van der Waals surface area contributed by atoms with Gasteiger partial charge in [0, 0.05) is 41.7 Å². The van der Waals surface area contributed by atoms with Crippen LogP contribution in [0.5, 0.6) is 11.5 Å². The van der Waals surface area contributed by atoms with Crippen LogP contribution in [0.25, 0.3) is 5.76 Å². The first-order valence-corrected chi connectivity index (χ1v) is 16.4. The zero-order valence-corrected chi connectivity index (χ0v) is 26.0. The number of hydrogen-bond donors (Lipinski definition) is 5. The average molecular weight is 640 g/mol. The second-order valence-electron chi connectivity index (χ2n) is 11.1. The van der Waals surface area contributed by atoms with Gasteiger partial charge in [0.05, 0.1) is 18.7 Å². The number of thioether (sulfide) groups is 1. The number of ether oxygens (including phenoxy) is 2. The minimum Gasteiger partial charge on any atom is -0.507 e. The highest BCUT2D eigenvalue weighted by atomic mass is 32.2. The molecule has 3 atom stereocenters. The average Bonchev–Trinajstić information content (AvgIpc) is 3.58. The van der Waals surface area contributed by atoms with Crippen molar-refractivity contribution in [1.82, 2.24) is 16.0 Å². The predicted molar refractivity (Wildman–Crippen MR) is 171 cm³/mol. The molecule has 12 heteroatoms. The SMILES string of the molecule is O=C(CCCCC1SCC2NC(=O)NC21)NCCCCCCOc1cc(OCc2ccccc2)cc(C(O)=CC(=O)C(=O)O)c1. The van der Waals surface area contributed by atoms with Crippen molar-refractivity contribution in [2.24, 2.45) is 0 Å². The normalized spacial score (nSPS) is 18.9. The highest BCUT2D eigenvalue weighted by Crippen LogP contribution is 2.33. The fraction of sp³-hybridized carbons (Fsp3) is 0.455. The van der Waals surface area contributed by atoms with Gasteiger partial charge in [-0.15, -0.1) is 0 Å². The number of hydrogen-bond acceptors (Lipinski definition) is 8. The third-order valence-corrected chi connectivity index (χ3v) is 9.15. The Bertz CT molecular complexity index is 1350. The van der Waals surface area contributed by atoms with Crippen molar-refractivity contribution in [1.29, 1.82) is 0 Å². The number of fused-ring (bicyclic) bond motifs is 1. The largest absolute Gasteiger partial charge is 0.507 e. The first-order valence-electron chi connectivity index (χ1n) is 15.4. The molecule has 0 spiro atoms. The molecule has 2 aliphatic heterocycles. The quantitative estimate of drug-likeness (QED) is 0.0486. The summed E-state index contributed by atoms with van der Waals surface area (Å²) in [6.07, 6.45) is 7.42. The maximum Gasteiger partial charge on any atom is 0.376 e. The molecule has 5 N–H and O–H groups in total. The van der Waals surface area contributed by atoms with Crippen LogP contribution >= 0.6 is 11.8 Å². The Morgan fingerprint density at radius 2 is 1.69 bits per heavy atom. The fourth-order valence-electron chi connectivity index (χ4n) is 5.26. The molecule has 0 saturated carbocycles. The van der Waals surface area contributed by atoms with Crippen molar-refractivity contribution in [3.8, 4) is 11.5 Å². The summed E-state index contributed by atoms with van der Waals surface area (Å²) >= 11 is 1.89. The molecule has 45 heavy (non-hydrogen) atoms. The van der Waals surface area contributed by atoms with Crippen molar-refractivity contribution in [3.63, 3.8) is 0 Å². The van der Waals surface area contributed by atoms with Crippen molar-refractivity contribution < 1.29 is 38.9 Å². The minimum absolute atomic E-state index is 0.0682. The number of carboxylic acid groups (broad SMARTS) is 1. The Hall–Kier alpha value is -4.19. The van der Waals surface area contributed by atoms with E-state index in [4.69, 9.17) is 14.6 Å². The highest BCUT2D eigenvalue weighted by Gasteiger charge is 2.42. The van der Waals surface area contributed by atoms with Gasteiger partial charge in [-0.2, -0.15) is 11.8 Å². The summed E-state index contributed by atoms with van der Waals surface area (Å²) in [5.74, 6) is -1.57.